The number of nitrogens with zero attached hydrogens (tertiary/aromatic N) is 1. The van der Waals surface area contributed by atoms with Crippen LogP contribution in [0.1, 0.15) is 124 Å². The van der Waals surface area contributed by atoms with Crippen molar-refractivity contribution in [2.75, 3.05) is 12.3 Å². The van der Waals surface area contributed by atoms with Gasteiger partial charge in [0.05, 0.1) is 14.6 Å². The van der Waals surface area contributed by atoms with Crippen LogP contribution in [-0.4, -0.2) is 63.6 Å². The number of hydrogen-bond donors (Lipinski definition) is 1. The molecule has 5 fully saturated rings. The summed E-state index contributed by atoms with van der Waals surface area (Å²) < 4.78 is 24.8. The molecule has 262 valence electrons. The maximum atomic E-state index is 14.4. The van der Waals surface area contributed by atoms with E-state index in [0.29, 0.717) is 29.7 Å². The highest BCUT2D eigenvalue weighted by molar-refractivity contribution is 8.00. The van der Waals surface area contributed by atoms with Crippen LogP contribution in [0.5, 0.6) is 0 Å². The molecule has 5 aliphatic rings. The zero-order valence-electron chi connectivity index (χ0n) is 33.1. The standard InChI is InChI=1S/C40H67NO4S/c1-13-17-38(12)27(9)36(45-32(43)22-46-31-20-28-21-37(10,11)34(25(31)7)41(28)14-2)40(24(5)6)29(23(3)4)15-18-39(26(8)35(38)44)19-16-30(42)33(39)40/h13,17,23-29,31,33-36,44H,14-16,18-22H2,1-12H3/b17-13-/t25?,26-,27?,28+,29?,31-,33?,34-,35-,36+,38+,39?,40?/m0/s1/i13D,17D. The highest BCUT2D eigenvalue weighted by Gasteiger charge is 2.73. The number of esters is 1. The first-order valence-corrected chi connectivity index (χ1v) is 19.7. The van der Waals surface area contributed by atoms with Gasteiger partial charge in [0.25, 0.3) is 0 Å². The average molecular weight is 660 g/mol. The zero-order valence-corrected chi connectivity index (χ0v) is 31.9. The molecule has 2 heterocycles. The van der Waals surface area contributed by atoms with Crippen LogP contribution in [0.2, 0.25) is 0 Å². The maximum Gasteiger partial charge on any atom is 0.316 e. The second-order valence-corrected chi connectivity index (χ2v) is 19.1. The van der Waals surface area contributed by atoms with Crippen molar-refractivity contribution >= 4 is 23.5 Å². The van der Waals surface area contributed by atoms with Crippen molar-refractivity contribution in [2.24, 2.45) is 63.1 Å². The Morgan fingerprint density at radius 3 is 2.41 bits per heavy atom. The van der Waals surface area contributed by atoms with Crippen LogP contribution in [-0.2, 0) is 14.3 Å². The van der Waals surface area contributed by atoms with E-state index in [1.54, 1.807) is 18.7 Å². The number of rotatable bonds is 8. The van der Waals surface area contributed by atoms with Crippen molar-refractivity contribution in [2.45, 2.75) is 151 Å². The molecule has 5 nitrogen and oxygen atoms in total. The Kier molecular flexibility index (Phi) is 9.36. The smallest absolute Gasteiger partial charge is 0.316 e. The lowest BCUT2D eigenvalue weighted by Crippen LogP contribution is -2.69. The number of aliphatic hydroxyl groups is 1. The molecule has 2 aliphatic heterocycles. The Balaban J connectivity index is 1.58. The predicted octanol–water partition coefficient (Wildman–Crippen LogP) is 8.43. The van der Waals surface area contributed by atoms with Gasteiger partial charge in [0, 0.05) is 46.4 Å². The quantitative estimate of drug-likeness (QED) is 0.208. The summed E-state index contributed by atoms with van der Waals surface area (Å²) in [5, 5.41) is 12.8. The summed E-state index contributed by atoms with van der Waals surface area (Å²) >= 11 is 1.75. The fraction of sp³-hybridized carbons (Fsp3) is 0.900. The van der Waals surface area contributed by atoms with E-state index in [1.807, 2.05) is 13.8 Å². The van der Waals surface area contributed by atoms with Crippen LogP contribution < -0.4 is 0 Å². The highest BCUT2D eigenvalue weighted by atomic mass is 32.2. The summed E-state index contributed by atoms with van der Waals surface area (Å²) in [5.41, 5.74) is -1.95. The predicted molar refractivity (Wildman–Crippen MR) is 191 cm³/mol. The van der Waals surface area contributed by atoms with Gasteiger partial charge in [-0.2, -0.15) is 0 Å². The number of hydrogen-bond acceptors (Lipinski definition) is 6. The largest absolute Gasteiger partial charge is 0.461 e. The topological polar surface area (TPSA) is 66.8 Å². The molecule has 6 heteroatoms. The number of fused-ring (bicyclic) bond motifs is 2. The molecular weight excluding hydrogens is 591 g/mol. The van der Waals surface area contributed by atoms with Gasteiger partial charge in [-0.05, 0) is 86.0 Å². The fourth-order valence-electron chi connectivity index (χ4n) is 13.0. The van der Waals surface area contributed by atoms with E-state index in [1.165, 1.54) is 6.42 Å². The fourth-order valence-corrected chi connectivity index (χ4v) is 14.2. The summed E-state index contributed by atoms with van der Waals surface area (Å²) in [6.45, 7) is 27.1. The molecule has 0 aromatic carbocycles. The minimum absolute atomic E-state index is 0.0303. The molecule has 5 rings (SSSR count). The Morgan fingerprint density at radius 1 is 1.15 bits per heavy atom. The van der Waals surface area contributed by atoms with Crippen molar-refractivity contribution in [1.29, 1.82) is 0 Å². The van der Waals surface area contributed by atoms with Gasteiger partial charge < -0.3 is 9.84 Å². The Labute approximate surface area is 288 Å². The monoisotopic (exact) mass is 659 g/mol. The Morgan fingerprint density at radius 2 is 1.83 bits per heavy atom. The van der Waals surface area contributed by atoms with E-state index in [0.717, 1.165) is 32.2 Å². The van der Waals surface area contributed by atoms with Gasteiger partial charge in [-0.25, -0.2) is 0 Å². The summed E-state index contributed by atoms with van der Waals surface area (Å²) in [7, 11) is 0. The van der Waals surface area contributed by atoms with Crippen LogP contribution in [0.3, 0.4) is 0 Å². The van der Waals surface area contributed by atoms with Gasteiger partial charge in [-0.3, -0.25) is 14.5 Å². The number of thioether (sulfide) groups is 1. The molecule has 46 heavy (non-hydrogen) atoms. The summed E-state index contributed by atoms with van der Waals surface area (Å²) in [6.07, 6.45) is 3.63. The molecule has 0 amide bonds. The molecule has 2 saturated heterocycles. The van der Waals surface area contributed by atoms with Crippen molar-refractivity contribution in [1.82, 2.24) is 4.90 Å². The van der Waals surface area contributed by atoms with Gasteiger partial charge in [0.15, 0.2) is 0 Å². The first-order chi connectivity index (χ1) is 22.2. The van der Waals surface area contributed by atoms with Crippen molar-refractivity contribution < 1.29 is 22.2 Å². The number of aliphatic hydroxyl groups excluding tert-OH is 1. The third kappa shape index (κ3) is 5.22. The minimum atomic E-state index is -1.13. The molecule has 4 bridgehead atoms. The molecule has 0 radical (unpaired) electrons. The number of ether oxygens (including phenoxy) is 1. The number of piperidine rings is 1. The Bertz CT molecular complexity index is 1280. The summed E-state index contributed by atoms with van der Waals surface area (Å²) in [6, 6.07) is 1.28. The molecule has 0 aromatic rings. The first kappa shape index (κ1) is 33.6. The molecular formula is C40H67NO4S. The number of ketones is 1. The first-order valence-electron chi connectivity index (χ1n) is 19.7. The van der Waals surface area contributed by atoms with E-state index in [9.17, 15) is 16.1 Å². The number of Topliss-reactive ketones (excluding diaryl/α,β-unsaturated/α-hetero) is 1. The van der Waals surface area contributed by atoms with Crippen molar-refractivity contribution in [3.63, 3.8) is 0 Å². The van der Waals surface area contributed by atoms with Gasteiger partial charge in [-0.15, -0.1) is 11.8 Å². The van der Waals surface area contributed by atoms with Gasteiger partial charge >= 0.3 is 5.97 Å². The summed E-state index contributed by atoms with van der Waals surface area (Å²) in [4.78, 5) is 31.4. The Hall–Kier alpha value is -0.850. The van der Waals surface area contributed by atoms with Gasteiger partial charge in [0.2, 0.25) is 0 Å². The van der Waals surface area contributed by atoms with Crippen LogP contribution in [0, 0.1) is 63.1 Å². The van der Waals surface area contributed by atoms with E-state index < -0.39 is 34.4 Å². The lowest BCUT2D eigenvalue weighted by atomic mass is 9.38. The second-order valence-electron chi connectivity index (χ2n) is 17.8. The number of allylic oxidation sites excluding steroid dienone is 1. The van der Waals surface area contributed by atoms with Crippen molar-refractivity contribution in [3.8, 4) is 0 Å². The zero-order chi connectivity index (χ0) is 35.9. The van der Waals surface area contributed by atoms with Crippen molar-refractivity contribution in [3.05, 3.63) is 12.1 Å². The maximum absolute atomic E-state index is 14.4. The normalized spacial score (nSPS) is 48.4. The molecule has 3 aliphatic carbocycles. The number of carbonyl (C=O) groups excluding carboxylic acids is 2. The van der Waals surface area contributed by atoms with Crippen LogP contribution in [0.25, 0.3) is 0 Å². The molecule has 6 unspecified atom stereocenters. The molecule has 3 saturated carbocycles. The third-order valence-corrected chi connectivity index (χ3v) is 16.4. The number of carbonyl (C=O) groups is 2. The van der Waals surface area contributed by atoms with E-state index in [4.69, 9.17) is 6.11 Å². The van der Waals surface area contributed by atoms with Gasteiger partial charge in [0.1, 0.15) is 11.9 Å². The lowest BCUT2D eigenvalue weighted by molar-refractivity contribution is -0.246. The van der Waals surface area contributed by atoms with E-state index in [2.05, 4.69) is 67.2 Å². The average Bonchev–Trinajstić information content (AvgIpc) is 3.47. The summed E-state index contributed by atoms with van der Waals surface area (Å²) in [5.74, 6) is 0.114. The van der Waals surface area contributed by atoms with Crippen LogP contribution >= 0.6 is 11.8 Å². The van der Waals surface area contributed by atoms with E-state index in [-0.39, 0.29) is 64.6 Å². The second kappa shape index (κ2) is 12.8. The molecule has 0 aromatic heterocycles. The highest BCUT2D eigenvalue weighted by Crippen LogP contribution is 2.72. The minimum Gasteiger partial charge on any atom is -0.461 e. The molecule has 13 atom stereocenters. The van der Waals surface area contributed by atoms with E-state index >= 15 is 0 Å². The SMILES string of the molecule is [2H]/C(C)=C(\[2H])[C@]1(C)C(C)[C@@H](OC(=O)CS[C@H]2C[C@@H]3CC(C)(C)[C@H](C2C)N3CC)C2(C(C)C)C(C(C)C)CCC3(CCC(=O)C32)[C@@H](C)[C@@H]1O. The lowest BCUT2D eigenvalue weighted by Gasteiger charge is -2.67. The van der Waals surface area contributed by atoms with Crippen LogP contribution in [0.15, 0.2) is 12.1 Å². The third-order valence-electron chi connectivity index (χ3n) is 14.9. The van der Waals surface area contributed by atoms with Crippen LogP contribution in [0.4, 0.5) is 0 Å². The molecule has 1 N–H and O–H groups in total. The van der Waals surface area contributed by atoms with Gasteiger partial charge in [-0.1, -0.05) is 88.3 Å². The molecule has 0 spiro atoms.